The molecule has 4 nitrogen and oxygen atoms in total. The molecule has 136 valence electrons. The van der Waals surface area contributed by atoms with Gasteiger partial charge in [0.25, 0.3) is 0 Å². The minimum absolute atomic E-state index is 0.0245. The van der Waals surface area contributed by atoms with Crippen molar-refractivity contribution in [3.8, 4) is 0 Å². The molecule has 5 heteroatoms. The van der Waals surface area contributed by atoms with E-state index >= 15 is 0 Å². The van der Waals surface area contributed by atoms with Gasteiger partial charge >= 0.3 is 0 Å². The highest BCUT2D eigenvalue weighted by atomic mass is 19.1. The lowest BCUT2D eigenvalue weighted by molar-refractivity contribution is -0.145. The van der Waals surface area contributed by atoms with Crippen LogP contribution in [0.15, 0.2) is 24.3 Å². The van der Waals surface area contributed by atoms with Gasteiger partial charge in [0.2, 0.25) is 11.8 Å². The summed E-state index contributed by atoms with van der Waals surface area (Å²) in [5.74, 6) is 0.0756. The summed E-state index contributed by atoms with van der Waals surface area (Å²) < 4.78 is 13.3. The number of benzene rings is 1. The van der Waals surface area contributed by atoms with Crippen molar-refractivity contribution >= 4 is 11.8 Å². The zero-order valence-electron chi connectivity index (χ0n) is 15.1. The van der Waals surface area contributed by atoms with Crippen LogP contribution in [0.3, 0.4) is 0 Å². The number of amides is 2. The number of halogens is 1. The van der Waals surface area contributed by atoms with Crippen molar-refractivity contribution in [3.63, 3.8) is 0 Å². The molecule has 2 amide bonds. The number of rotatable bonds is 4. The van der Waals surface area contributed by atoms with Crippen LogP contribution in [0.25, 0.3) is 0 Å². The van der Waals surface area contributed by atoms with Gasteiger partial charge in [0.1, 0.15) is 5.82 Å². The van der Waals surface area contributed by atoms with E-state index in [0.717, 1.165) is 31.2 Å². The van der Waals surface area contributed by atoms with Crippen molar-refractivity contribution in [2.75, 3.05) is 0 Å². The molecule has 1 aliphatic carbocycles. The molecule has 1 aliphatic heterocycles. The Morgan fingerprint density at radius 2 is 2.24 bits per heavy atom. The van der Waals surface area contributed by atoms with Gasteiger partial charge in [-0.1, -0.05) is 38.8 Å². The van der Waals surface area contributed by atoms with E-state index in [1.54, 1.807) is 11.1 Å². The third kappa shape index (κ3) is 3.70. The fourth-order valence-electron chi connectivity index (χ4n) is 4.46. The Kier molecular flexibility index (Phi) is 5.11. The van der Waals surface area contributed by atoms with Gasteiger partial charge in [0.15, 0.2) is 0 Å². The molecule has 3 atom stereocenters. The maximum Gasteiger partial charge on any atom is 0.241 e. The summed E-state index contributed by atoms with van der Waals surface area (Å²) in [4.78, 5) is 25.0. The number of hydrogen-bond donors (Lipinski definition) is 1. The molecular weight excluding hydrogens is 319 g/mol. The first-order chi connectivity index (χ1) is 11.9. The van der Waals surface area contributed by atoms with Crippen molar-refractivity contribution < 1.29 is 14.0 Å². The second-order valence-electron chi connectivity index (χ2n) is 7.83. The predicted molar refractivity (Wildman–Crippen MR) is 93.9 cm³/mol. The highest BCUT2D eigenvalue weighted by Gasteiger charge is 2.51. The fourth-order valence-corrected chi connectivity index (χ4v) is 4.46. The lowest BCUT2D eigenvalue weighted by atomic mass is 9.72. The van der Waals surface area contributed by atoms with Crippen LogP contribution in [0.4, 0.5) is 4.39 Å². The molecule has 2 aliphatic rings. The summed E-state index contributed by atoms with van der Waals surface area (Å²) in [7, 11) is 0. The fraction of sp³-hybridized carbons (Fsp3) is 0.600. The standard InChI is InChI=1S/C20H27FN2O2/c1-14(10-16-7-5-8-17(21)12-16)11-19(25)23-20(13-18(24)22-23)9-4-3-6-15(20)2/h5,7-8,12,14-15H,3-4,6,9-11,13H2,1-2H3,(H,22,24). The molecular formula is C20H27FN2O2. The van der Waals surface area contributed by atoms with Gasteiger partial charge in [0.05, 0.1) is 12.0 Å². The minimum Gasteiger partial charge on any atom is -0.273 e. The normalized spacial score (nSPS) is 27.4. The smallest absolute Gasteiger partial charge is 0.241 e. The average Bonchev–Trinajstić information content (AvgIpc) is 2.88. The molecule has 1 heterocycles. The first kappa shape index (κ1) is 17.9. The zero-order chi connectivity index (χ0) is 18.0. The van der Waals surface area contributed by atoms with E-state index in [0.29, 0.717) is 25.2 Å². The lowest BCUT2D eigenvalue weighted by Crippen LogP contribution is -2.56. The van der Waals surface area contributed by atoms with Crippen LogP contribution in [0.5, 0.6) is 0 Å². The Labute approximate surface area is 148 Å². The second-order valence-corrected chi connectivity index (χ2v) is 7.83. The Bertz CT molecular complexity index is 663. The van der Waals surface area contributed by atoms with E-state index < -0.39 is 0 Å². The molecule has 0 aromatic heterocycles. The molecule has 1 saturated carbocycles. The molecule has 1 N–H and O–H groups in total. The van der Waals surface area contributed by atoms with E-state index in [1.807, 2.05) is 13.0 Å². The Hall–Kier alpha value is -1.91. The van der Waals surface area contributed by atoms with E-state index in [2.05, 4.69) is 12.3 Å². The molecule has 1 saturated heterocycles. The van der Waals surface area contributed by atoms with E-state index in [4.69, 9.17) is 0 Å². The van der Waals surface area contributed by atoms with E-state index in [9.17, 15) is 14.0 Å². The number of carbonyl (C=O) groups excluding carboxylic acids is 2. The molecule has 1 aromatic rings. The highest BCUT2D eigenvalue weighted by Crippen LogP contribution is 2.43. The van der Waals surface area contributed by atoms with Gasteiger partial charge in [-0.3, -0.25) is 15.0 Å². The predicted octanol–water partition coefficient (Wildman–Crippen LogP) is 3.61. The topological polar surface area (TPSA) is 49.4 Å². The number of nitrogens with one attached hydrogen (secondary N) is 1. The summed E-state index contributed by atoms with van der Waals surface area (Å²) in [5.41, 5.74) is 3.35. The molecule has 3 rings (SSSR count). The van der Waals surface area contributed by atoms with Crippen LogP contribution in [0, 0.1) is 17.7 Å². The van der Waals surface area contributed by atoms with Crippen LogP contribution in [0.2, 0.25) is 0 Å². The third-order valence-electron chi connectivity index (χ3n) is 5.81. The first-order valence-corrected chi connectivity index (χ1v) is 9.28. The Balaban J connectivity index is 1.68. The van der Waals surface area contributed by atoms with Crippen molar-refractivity contribution in [2.24, 2.45) is 11.8 Å². The molecule has 3 unspecified atom stereocenters. The number of carbonyl (C=O) groups is 2. The first-order valence-electron chi connectivity index (χ1n) is 9.28. The SMILES string of the molecule is CC(CC(=O)N1NC(=O)CC12CCCCC2C)Cc1cccc(F)c1. The average molecular weight is 346 g/mol. The van der Waals surface area contributed by atoms with Crippen molar-refractivity contribution in [2.45, 2.75) is 64.3 Å². The monoisotopic (exact) mass is 346 g/mol. The second kappa shape index (κ2) is 7.14. The summed E-state index contributed by atoms with van der Waals surface area (Å²) in [6.45, 7) is 4.15. The molecule has 25 heavy (non-hydrogen) atoms. The highest BCUT2D eigenvalue weighted by molar-refractivity contribution is 5.87. The molecule has 1 spiro atoms. The Morgan fingerprint density at radius 3 is 2.96 bits per heavy atom. The van der Waals surface area contributed by atoms with E-state index in [-0.39, 0.29) is 29.1 Å². The van der Waals surface area contributed by atoms with Crippen LogP contribution < -0.4 is 5.43 Å². The minimum atomic E-state index is -0.356. The molecule has 0 bridgehead atoms. The molecule has 1 aromatic carbocycles. The van der Waals surface area contributed by atoms with Gasteiger partial charge in [-0.15, -0.1) is 0 Å². The van der Waals surface area contributed by atoms with Crippen LogP contribution in [0.1, 0.15) is 57.9 Å². The maximum absolute atomic E-state index is 13.3. The summed E-state index contributed by atoms with van der Waals surface area (Å²) in [5, 5.41) is 1.64. The summed E-state index contributed by atoms with van der Waals surface area (Å²) in [6.07, 6.45) is 5.57. The van der Waals surface area contributed by atoms with Crippen molar-refractivity contribution in [1.29, 1.82) is 0 Å². The van der Waals surface area contributed by atoms with Crippen molar-refractivity contribution in [1.82, 2.24) is 10.4 Å². The van der Waals surface area contributed by atoms with E-state index in [1.165, 1.54) is 12.1 Å². The third-order valence-corrected chi connectivity index (χ3v) is 5.81. The van der Waals surface area contributed by atoms with Crippen LogP contribution in [-0.2, 0) is 16.0 Å². The largest absolute Gasteiger partial charge is 0.273 e. The number of hydrazine groups is 1. The van der Waals surface area contributed by atoms with Gasteiger partial charge in [-0.25, -0.2) is 9.40 Å². The molecule has 2 fully saturated rings. The summed E-state index contributed by atoms with van der Waals surface area (Å²) >= 11 is 0. The van der Waals surface area contributed by atoms with Crippen LogP contribution >= 0.6 is 0 Å². The van der Waals surface area contributed by atoms with Crippen molar-refractivity contribution in [3.05, 3.63) is 35.6 Å². The van der Waals surface area contributed by atoms with Gasteiger partial charge in [-0.05, 0) is 48.8 Å². The zero-order valence-corrected chi connectivity index (χ0v) is 15.1. The molecule has 0 radical (unpaired) electrons. The van der Waals surface area contributed by atoms with Gasteiger partial charge in [-0.2, -0.15) is 0 Å². The maximum atomic E-state index is 13.3. The number of hydrogen-bond acceptors (Lipinski definition) is 2. The van der Waals surface area contributed by atoms with Gasteiger partial charge < -0.3 is 0 Å². The van der Waals surface area contributed by atoms with Gasteiger partial charge in [0, 0.05) is 6.42 Å². The number of nitrogens with zero attached hydrogens (tertiary/aromatic N) is 1. The lowest BCUT2D eigenvalue weighted by Gasteiger charge is -2.44. The summed E-state index contributed by atoms with van der Waals surface area (Å²) in [6, 6.07) is 6.52. The quantitative estimate of drug-likeness (QED) is 0.905. The van der Waals surface area contributed by atoms with Crippen LogP contribution in [-0.4, -0.2) is 22.4 Å². The Morgan fingerprint density at radius 1 is 1.44 bits per heavy atom.